The van der Waals surface area contributed by atoms with E-state index >= 15 is 0 Å². The third-order valence-electron chi connectivity index (χ3n) is 4.87. The van der Waals surface area contributed by atoms with E-state index in [1.165, 1.54) is 25.6 Å². The molecule has 0 bridgehead atoms. The summed E-state index contributed by atoms with van der Waals surface area (Å²) in [4.78, 5) is 19.0. The average Bonchev–Trinajstić information content (AvgIpc) is 2.81. The van der Waals surface area contributed by atoms with Crippen LogP contribution in [0, 0.1) is 18.6 Å². The molecule has 0 aliphatic heterocycles. The molecule has 3 aromatic rings. The number of anilines is 2. The van der Waals surface area contributed by atoms with Crippen LogP contribution in [0.4, 0.5) is 20.4 Å². The molecule has 2 aromatic carbocycles. The van der Waals surface area contributed by atoms with E-state index in [4.69, 9.17) is 19.3 Å². The molecule has 3 rings (SSSR count). The van der Waals surface area contributed by atoms with E-state index in [0.717, 1.165) is 5.56 Å². The van der Waals surface area contributed by atoms with Crippen molar-refractivity contribution in [3.8, 4) is 17.2 Å². The number of nitrogens with zero attached hydrogens (tertiary/aromatic N) is 2. The molecule has 180 valence electrons. The number of ether oxygens (including phenoxy) is 3. The molecule has 0 unspecified atom stereocenters. The predicted molar refractivity (Wildman–Crippen MR) is 121 cm³/mol. The monoisotopic (exact) mass is 473 g/mol. The van der Waals surface area contributed by atoms with Crippen LogP contribution in [0.3, 0.4) is 0 Å². The minimum Gasteiger partial charge on any atom is -0.494 e. The second kappa shape index (κ2) is 11.3. The Bertz CT molecular complexity index is 1160. The van der Waals surface area contributed by atoms with E-state index in [9.17, 15) is 13.6 Å². The minimum atomic E-state index is -1.06. The van der Waals surface area contributed by atoms with Crippen LogP contribution in [-0.4, -0.2) is 34.8 Å². The normalized spacial score (nSPS) is 10.6. The number of carboxylic acid groups (broad SMARTS) is 1. The molecular formula is C24H25F2N3O5. The number of nitrogens with one attached hydrogen (secondary N) is 1. The fraction of sp³-hybridized carbons (Fsp3) is 0.292. The molecule has 0 atom stereocenters. The second-order valence-corrected chi connectivity index (χ2v) is 7.41. The molecule has 0 radical (unpaired) electrons. The quantitative estimate of drug-likeness (QED) is 0.409. The summed E-state index contributed by atoms with van der Waals surface area (Å²) >= 11 is 0. The molecule has 2 N–H and O–H groups in total. The lowest BCUT2D eigenvalue weighted by Gasteiger charge is -2.14. The number of halogens is 2. The van der Waals surface area contributed by atoms with Crippen LogP contribution < -0.4 is 19.5 Å². The van der Waals surface area contributed by atoms with Crippen LogP contribution in [0.1, 0.15) is 30.0 Å². The SMILES string of the molecule is CCCc1cc(OC)c(F)c(COc2cnc(Nc3ccc(OCC(=O)O)c(C)c3)nc2)c1F. The van der Waals surface area contributed by atoms with Gasteiger partial charge in [0, 0.05) is 5.69 Å². The zero-order valence-corrected chi connectivity index (χ0v) is 19.0. The van der Waals surface area contributed by atoms with Gasteiger partial charge in [0.2, 0.25) is 5.95 Å². The zero-order chi connectivity index (χ0) is 24.7. The highest BCUT2D eigenvalue weighted by molar-refractivity contribution is 5.68. The fourth-order valence-corrected chi connectivity index (χ4v) is 3.22. The number of carboxylic acids is 1. The molecule has 10 heteroatoms. The lowest BCUT2D eigenvalue weighted by molar-refractivity contribution is -0.139. The van der Waals surface area contributed by atoms with Crippen molar-refractivity contribution in [3.63, 3.8) is 0 Å². The van der Waals surface area contributed by atoms with Crippen molar-refractivity contribution >= 4 is 17.6 Å². The van der Waals surface area contributed by atoms with Gasteiger partial charge in [0.1, 0.15) is 18.2 Å². The number of rotatable bonds is 11. The first-order valence-corrected chi connectivity index (χ1v) is 10.5. The molecule has 0 amide bonds. The van der Waals surface area contributed by atoms with Crippen LogP contribution in [0.15, 0.2) is 36.7 Å². The highest BCUT2D eigenvalue weighted by Crippen LogP contribution is 2.29. The number of benzene rings is 2. The second-order valence-electron chi connectivity index (χ2n) is 7.41. The number of carbonyl (C=O) groups is 1. The summed E-state index contributed by atoms with van der Waals surface area (Å²) in [7, 11) is 1.33. The average molecular weight is 473 g/mol. The Balaban J connectivity index is 1.66. The van der Waals surface area contributed by atoms with Gasteiger partial charge in [0.05, 0.1) is 25.1 Å². The summed E-state index contributed by atoms with van der Waals surface area (Å²) in [5.74, 6) is -1.58. The van der Waals surface area contributed by atoms with Crippen molar-refractivity contribution < 1.29 is 32.9 Å². The smallest absolute Gasteiger partial charge is 0.341 e. The number of hydrogen-bond acceptors (Lipinski definition) is 7. The lowest BCUT2D eigenvalue weighted by Crippen LogP contribution is -2.10. The largest absolute Gasteiger partial charge is 0.494 e. The zero-order valence-electron chi connectivity index (χ0n) is 19.0. The van der Waals surface area contributed by atoms with E-state index in [1.54, 1.807) is 25.1 Å². The Hall–Kier alpha value is -3.95. The topological polar surface area (TPSA) is 103 Å². The number of hydrogen-bond donors (Lipinski definition) is 2. The molecule has 0 fully saturated rings. The van der Waals surface area contributed by atoms with E-state index in [0.29, 0.717) is 29.8 Å². The summed E-state index contributed by atoms with van der Waals surface area (Å²) in [5.41, 5.74) is 1.55. The van der Waals surface area contributed by atoms with Crippen molar-refractivity contribution in [3.05, 3.63) is 65.0 Å². The van der Waals surface area contributed by atoms with Gasteiger partial charge in [-0.25, -0.2) is 23.5 Å². The molecule has 0 spiro atoms. The number of aliphatic carboxylic acids is 1. The minimum absolute atomic E-state index is 0.0334. The van der Waals surface area contributed by atoms with Gasteiger partial charge in [0.25, 0.3) is 0 Å². The van der Waals surface area contributed by atoms with Gasteiger partial charge >= 0.3 is 5.97 Å². The maximum atomic E-state index is 14.7. The Kier molecular flexibility index (Phi) is 8.18. The van der Waals surface area contributed by atoms with Gasteiger partial charge in [-0.1, -0.05) is 13.3 Å². The Morgan fingerprint density at radius 2 is 1.82 bits per heavy atom. The van der Waals surface area contributed by atoms with Crippen molar-refractivity contribution in [2.75, 3.05) is 19.0 Å². The van der Waals surface area contributed by atoms with Gasteiger partial charge in [-0.05, 0) is 48.7 Å². The first-order valence-electron chi connectivity index (χ1n) is 10.5. The van der Waals surface area contributed by atoms with Crippen LogP contribution in [0.25, 0.3) is 0 Å². The van der Waals surface area contributed by atoms with Crippen LogP contribution >= 0.6 is 0 Å². The van der Waals surface area contributed by atoms with E-state index in [-0.39, 0.29) is 29.6 Å². The van der Waals surface area contributed by atoms with Gasteiger partial charge < -0.3 is 24.6 Å². The number of methoxy groups -OCH3 is 1. The Morgan fingerprint density at radius 3 is 2.44 bits per heavy atom. The molecule has 0 saturated carbocycles. The molecule has 0 aliphatic carbocycles. The molecular weight excluding hydrogens is 448 g/mol. The fourth-order valence-electron chi connectivity index (χ4n) is 3.22. The van der Waals surface area contributed by atoms with Gasteiger partial charge in [-0.15, -0.1) is 0 Å². The van der Waals surface area contributed by atoms with Crippen LogP contribution in [-0.2, 0) is 17.8 Å². The molecule has 8 nitrogen and oxygen atoms in total. The lowest BCUT2D eigenvalue weighted by atomic mass is 10.0. The predicted octanol–water partition coefficient (Wildman–Crippen LogP) is 4.81. The van der Waals surface area contributed by atoms with Crippen molar-refractivity contribution in [1.29, 1.82) is 0 Å². The van der Waals surface area contributed by atoms with Gasteiger partial charge in [-0.2, -0.15) is 0 Å². The summed E-state index contributed by atoms with van der Waals surface area (Å²) in [6.07, 6.45) is 3.92. The highest BCUT2D eigenvalue weighted by Gasteiger charge is 2.19. The first kappa shape index (κ1) is 24.7. The first-order chi connectivity index (χ1) is 16.3. The number of aromatic nitrogens is 2. The molecule has 1 aromatic heterocycles. The summed E-state index contributed by atoms with van der Waals surface area (Å²) < 4.78 is 45.1. The van der Waals surface area contributed by atoms with E-state index in [1.807, 2.05) is 6.92 Å². The van der Waals surface area contributed by atoms with E-state index < -0.39 is 24.2 Å². The molecule has 1 heterocycles. The van der Waals surface area contributed by atoms with Crippen molar-refractivity contribution in [1.82, 2.24) is 9.97 Å². The molecule has 0 aliphatic rings. The molecule has 34 heavy (non-hydrogen) atoms. The number of aryl methyl sites for hydroxylation is 2. The summed E-state index contributed by atoms with van der Waals surface area (Å²) in [6, 6.07) is 6.46. The third-order valence-corrected chi connectivity index (χ3v) is 4.87. The maximum absolute atomic E-state index is 14.7. The summed E-state index contributed by atoms with van der Waals surface area (Å²) in [6.45, 7) is 2.91. The van der Waals surface area contributed by atoms with E-state index in [2.05, 4.69) is 15.3 Å². The third kappa shape index (κ3) is 6.09. The summed E-state index contributed by atoms with van der Waals surface area (Å²) in [5, 5.41) is 11.7. The highest BCUT2D eigenvalue weighted by atomic mass is 19.1. The maximum Gasteiger partial charge on any atom is 0.341 e. The van der Waals surface area contributed by atoms with Crippen molar-refractivity contribution in [2.45, 2.75) is 33.3 Å². The Morgan fingerprint density at radius 1 is 1.09 bits per heavy atom. The Labute approximate surface area is 195 Å². The standard InChI is InChI=1S/C24H25F2N3O5/c1-4-5-15-9-20(32-3)23(26)18(22(15)25)12-33-17-10-27-24(28-11-17)29-16-6-7-19(14(2)8-16)34-13-21(30)31/h6-11H,4-5,12-13H2,1-3H3,(H,30,31)(H,27,28,29). The van der Waals surface area contributed by atoms with Crippen LogP contribution in [0.5, 0.6) is 17.2 Å². The van der Waals surface area contributed by atoms with Gasteiger partial charge in [-0.3, -0.25) is 0 Å². The van der Waals surface area contributed by atoms with Crippen LogP contribution in [0.2, 0.25) is 0 Å². The van der Waals surface area contributed by atoms with Gasteiger partial charge in [0.15, 0.2) is 23.9 Å². The van der Waals surface area contributed by atoms with Crippen molar-refractivity contribution in [2.24, 2.45) is 0 Å². The molecule has 0 saturated heterocycles.